The highest BCUT2D eigenvalue weighted by Crippen LogP contribution is 2.23. The van der Waals surface area contributed by atoms with Crippen molar-refractivity contribution in [1.82, 2.24) is 9.99 Å². The molecule has 1 N–H and O–H groups in total. The largest absolute Gasteiger partial charge is 0.486 e. The summed E-state index contributed by atoms with van der Waals surface area (Å²) in [4.78, 5) is 34.2. The Labute approximate surface area is 217 Å². The number of hydrogen-bond donors (Lipinski definition) is 1. The van der Waals surface area contributed by atoms with Gasteiger partial charge in [-0.2, -0.15) is 5.10 Å². The Hall–Kier alpha value is -5.19. The van der Waals surface area contributed by atoms with Crippen molar-refractivity contribution >= 4 is 23.8 Å². The van der Waals surface area contributed by atoms with Gasteiger partial charge in [0, 0.05) is 41.7 Å². The van der Waals surface area contributed by atoms with Crippen molar-refractivity contribution in [1.29, 1.82) is 0 Å². The summed E-state index contributed by atoms with van der Waals surface area (Å²) >= 11 is 0. The maximum Gasteiger partial charge on any atom is 0.308 e. The van der Waals surface area contributed by atoms with Gasteiger partial charge in [-0.05, 0) is 68.4 Å². The number of hydrogen-bond acceptors (Lipinski definition) is 8. The molecule has 0 bridgehead atoms. The summed E-state index contributed by atoms with van der Waals surface area (Å²) in [7, 11) is 0. The van der Waals surface area contributed by atoms with E-state index in [0.29, 0.717) is 11.5 Å². The maximum atomic E-state index is 12.4. The molecule has 0 fully saturated rings. The monoisotopic (exact) mass is 516 g/mol. The third-order valence-corrected chi connectivity index (χ3v) is 5.46. The van der Waals surface area contributed by atoms with Gasteiger partial charge in [0.25, 0.3) is 5.69 Å². The highest BCUT2D eigenvalue weighted by Gasteiger charge is 2.14. The lowest BCUT2D eigenvalue weighted by atomic mass is 10.2. The Bertz CT molecular complexity index is 1500. The van der Waals surface area contributed by atoms with Crippen LogP contribution >= 0.6 is 0 Å². The van der Waals surface area contributed by atoms with E-state index >= 15 is 0 Å². The zero-order valence-electron chi connectivity index (χ0n) is 20.8. The van der Waals surface area contributed by atoms with Crippen LogP contribution in [0.25, 0.3) is 5.69 Å². The maximum absolute atomic E-state index is 12.4. The van der Waals surface area contributed by atoms with Gasteiger partial charge in [0.05, 0.1) is 11.1 Å². The molecule has 0 aliphatic carbocycles. The first-order valence-corrected chi connectivity index (χ1v) is 11.5. The van der Waals surface area contributed by atoms with Crippen molar-refractivity contribution < 1.29 is 28.4 Å². The normalized spacial score (nSPS) is 10.9. The summed E-state index contributed by atoms with van der Waals surface area (Å²) in [5, 5.41) is 14.8. The van der Waals surface area contributed by atoms with Crippen molar-refractivity contribution in [2.75, 3.05) is 0 Å². The molecule has 194 valence electrons. The molecule has 0 saturated heterocycles. The molecule has 0 spiro atoms. The molecule has 4 aromatic rings. The van der Waals surface area contributed by atoms with E-state index in [2.05, 4.69) is 27.2 Å². The number of nitrogens with zero attached hydrogens (tertiary/aromatic N) is 3. The number of amides is 1. The van der Waals surface area contributed by atoms with Gasteiger partial charge in [0.1, 0.15) is 23.9 Å². The van der Waals surface area contributed by atoms with Crippen LogP contribution in [-0.2, 0) is 11.4 Å². The molecule has 0 saturated carbocycles. The first kappa shape index (κ1) is 25.9. The summed E-state index contributed by atoms with van der Waals surface area (Å²) < 4.78 is 18.5. The minimum atomic E-state index is -0.645. The van der Waals surface area contributed by atoms with E-state index in [1.54, 1.807) is 6.07 Å². The lowest BCUT2D eigenvalue weighted by Gasteiger charge is -2.10. The third-order valence-electron chi connectivity index (χ3n) is 5.46. The van der Waals surface area contributed by atoms with E-state index in [0.717, 1.165) is 23.3 Å². The van der Waals surface area contributed by atoms with Gasteiger partial charge in [0.2, 0.25) is 0 Å². The van der Waals surface area contributed by atoms with Crippen molar-refractivity contribution in [3.8, 4) is 17.2 Å². The summed E-state index contributed by atoms with van der Waals surface area (Å²) in [5.41, 5.74) is 5.48. The molecular weight excluding hydrogens is 492 g/mol. The number of esters is 1. The van der Waals surface area contributed by atoms with Gasteiger partial charge >= 0.3 is 11.9 Å². The molecule has 0 aliphatic rings. The number of carbonyl (C=O) groups excluding carboxylic acids is 2. The Morgan fingerprint density at radius 3 is 2.42 bits per heavy atom. The van der Waals surface area contributed by atoms with Gasteiger partial charge < -0.3 is 18.5 Å². The van der Waals surface area contributed by atoms with Crippen molar-refractivity contribution in [2.24, 2.45) is 5.10 Å². The number of hydrazone groups is 1. The van der Waals surface area contributed by atoms with Gasteiger partial charge in [-0.25, -0.2) is 5.43 Å². The number of aromatic nitrogens is 1. The lowest BCUT2D eigenvalue weighted by Crippen LogP contribution is -2.17. The number of non-ortho nitro benzene ring substituents is 1. The topological polar surface area (TPSA) is 138 Å². The predicted molar refractivity (Wildman–Crippen MR) is 138 cm³/mol. The SMILES string of the molecule is CC(=O)Oc1ccc([N+](=O)[O-])cc1/C=N/NC(=O)c1ccc(COc2ccc(-n3c(C)ccc3C)cc2)o1. The molecule has 0 unspecified atom stereocenters. The minimum absolute atomic E-state index is 0.00564. The molecule has 2 heterocycles. The predicted octanol–water partition coefficient (Wildman–Crippen LogP) is 4.86. The quantitative estimate of drug-likeness (QED) is 0.110. The molecule has 4 rings (SSSR count). The van der Waals surface area contributed by atoms with E-state index in [1.165, 1.54) is 31.2 Å². The number of rotatable bonds is 9. The van der Waals surface area contributed by atoms with Gasteiger partial charge in [-0.3, -0.25) is 19.7 Å². The molecule has 0 aliphatic heterocycles. The van der Waals surface area contributed by atoms with Crippen molar-refractivity contribution in [2.45, 2.75) is 27.4 Å². The number of ether oxygens (including phenoxy) is 2. The van der Waals surface area contributed by atoms with Crippen LogP contribution in [0.1, 0.15) is 40.2 Å². The van der Waals surface area contributed by atoms with E-state index in [1.807, 2.05) is 38.1 Å². The second-order valence-corrected chi connectivity index (χ2v) is 8.27. The van der Waals surface area contributed by atoms with Crippen LogP contribution < -0.4 is 14.9 Å². The van der Waals surface area contributed by atoms with E-state index in [4.69, 9.17) is 13.9 Å². The van der Waals surface area contributed by atoms with Crippen LogP contribution in [-0.4, -0.2) is 27.6 Å². The number of nitrogens with one attached hydrogen (secondary N) is 1. The summed E-state index contributed by atoms with van der Waals surface area (Å²) in [5.74, 6) is -0.127. The summed E-state index contributed by atoms with van der Waals surface area (Å²) in [6, 6.07) is 18.5. The molecule has 0 atom stereocenters. The third kappa shape index (κ3) is 6.13. The molecule has 0 radical (unpaired) electrons. The minimum Gasteiger partial charge on any atom is -0.486 e. The second kappa shape index (κ2) is 11.2. The van der Waals surface area contributed by atoms with Crippen LogP contribution in [0.4, 0.5) is 5.69 Å². The van der Waals surface area contributed by atoms with E-state index in [-0.39, 0.29) is 29.4 Å². The highest BCUT2D eigenvalue weighted by atomic mass is 16.6. The Morgan fingerprint density at radius 2 is 1.76 bits per heavy atom. The van der Waals surface area contributed by atoms with Crippen molar-refractivity contribution in [3.63, 3.8) is 0 Å². The first-order valence-electron chi connectivity index (χ1n) is 11.5. The standard InChI is InChI=1S/C27H24N4O7/c1-17-4-5-18(2)30(17)21-6-9-23(10-7-21)36-16-24-11-13-26(38-24)27(33)29-28-15-20-14-22(31(34)35)8-12-25(20)37-19(3)32/h4-15H,16H2,1-3H3,(H,29,33)/b28-15+. The lowest BCUT2D eigenvalue weighted by molar-refractivity contribution is -0.384. The number of furan rings is 1. The molecule has 2 aromatic carbocycles. The zero-order valence-corrected chi connectivity index (χ0v) is 20.8. The fourth-order valence-electron chi connectivity index (χ4n) is 3.71. The van der Waals surface area contributed by atoms with Crippen LogP contribution in [0.2, 0.25) is 0 Å². The Balaban J connectivity index is 1.35. The number of nitro groups is 1. The smallest absolute Gasteiger partial charge is 0.308 e. The average molecular weight is 517 g/mol. The van der Waals surface area contributed by atoms with Crippen molar-refractivity contribution in [3.05, 3.63) is 105 Å². The summed E-state index contributed by atoms with van der Waals surface area (Å²) in [6.45, 7) is 5.39. The van der Waals surface area contributed by atoms with Gasteiger partial charge in [-0.15, -0.1) is 0 Å². The van der Waals surface area contributed by atoms with E-state index < -0.39 is 16.8 Å². The van der Waals surface area contributed by atoms with Gasteiger partial charge in [0.15, 0.2) is 5.76 Å². The second-order valence-electron chi connectivity index (χ2n) is 8.27. The Kier molecular flexibility index (Phi) is 7.66. The highest BCUT2D eigenvalue weighted by molar-refractivity contribution is 5.93. The fraction of sp³-hybridized carbons (Fsp3) is 0.148. The van der Waals surface area contributed by atoms with Gasteiger partial charge in [-0.1, -0.05) is 0 Å². The zero-order chi connectivity index (χ0) is 27.2. The molecule has 11 heteroatoms. The van der Waals surface area contributed by atoms with E-state index in [9.17, 15) is 19.7 Å². The molecule has 2 aromatic heterocycles. The molecule has 11 nitrogen and oxygen atoms in total. The Morgan fingerprint density at radius 1 is 1.05 bits per heavy atom. The van der Waals surface area contributed by atoms with Crippen LogP contribution in [0.3, 0.4) is 0 Å². The number of carbonyl (C=O) groups is 2. The van der Waals surface area contributed by atoms with Crippen LogP contribution in [0.15, 0.2) is 76.2 Å². The average Bonchev–Trinajstić information content (AvgIpc) is 3.49. The fourth-order valence-corrected chi connectivity index (χ4v) is 3.71. The summed E-state index contributed by atoms with van der Waals surface area (Å²) in [6.07, 6.45) is 1.14. The molecule has 1 amide bonds. The number of aryl methyl sites for hydroxylation is 2. The molecular formula is C27H24N4O7. The van der Waals surface area contributed by atoms with Crippen LogP contribution in [0, 0.1) is 24.0 Å². The number of benzene rings is 2. The first-order chi connectivity index (χ1) is 18.2. The van der Waals surface area contributed by atoms with Crippen LogP contribution in [0.5, 0.6) is 11.5 Å². The number of nitro benzene ring substituents is 1. The molecule has 38 heavy (non-hydrogen) atoms.